The molecule has 0 aliphatic carbocycles. The molecule has 112 valence electrons. The van der Waals surface area contributed by atoms with Gasteiger partial charge in [-0.3, -0.25) is 0 Å². The quantitative estimate of drug-likeness (QED) is 0.884. The van der Waals surface area contributed by atoms with Crippen LogP contribution in [0, 0.1) is 11.6 Å². The summed E-state index contributed by atoms with van der Waals surface area (Å²) in [5.74, 6) is -1.62. The number of nitrogens with zero attached hydrogens (tertiary/aromatic N) is 3. The summed E-state index contributed by atoms with van der Waals surface area (Å²) in [7, 11) is 1.40. The Balaban J connectivity index is 2.23. The third kappa shape index (κ3) is 3.98. The number of aromatic nitrogens is 3. The SMILES string of the molecule is CCCNc1nc(OC)nc(Oc2ccc(F)c(F)c2)n1. The minimum atomic E-state index is -1.02. The van der Waals surface area contributed by atoms with Gasteiger partial charge in [0.15, 0.2) is 11.6 Å². The summed E-state index contributed by atoms with van der Waals surface area (Å²) in [5.41, 5.74) is 0. The van der Waals surface area contributed by atoms with Crippen LogP contribution in [0.15, 0.2) is 18.2 Å². The van der Waals surface area contributed by atoms with Crippen LogP contribution in [0.4, 0.5) is 14.7 Å². The van der Waals surface area contributed by atoms with Crippen molar-refractivity contribution in [3.63, 3.8) is 0 Å². The molecule has 0 fully saturated rings. The predicted octanol–water partition coefficient (Wildman–Crippen LogP) is 2.77. The van der Waals surface area contributed by atoms with E-state index in [1.807, 2.05) is 6.92 Å². The molecule has 0 atom stereocenters. The van der Waals surface area contributed by atoms with Gasteiger partial charge >= 0.3 is 12.0 Å². The van der Waals surface area contributed by atoms with Gasteiger partial charge in [0, 0.05) is 12.6 Å². The molecule has 0 radical (unpaired) electrons. The molecule has 0 amide bonds. The van der Waals surface area contributed by atoms with Crippen molar-refractivity contribution in [2.24, 2.45) is 0 Å². The van der Waals surface area contributed by atoms with Crippen molar-refractivity contribution in [2.45, 2.75) is 13.3 Å². The Hall–Kier alpha value is -2.51. The van der Waals surface area contributed by atoms with Crippen molar-refractivity contribution < 1.29 is 18.3 Å². The average molecular weight is 296 g/mol. The standard InChI is InChI=1S/C13H14F2N4O2/c1-3-6-16-11-17-12(20-2)19-13(18-11)21-8-4-5-9(14)10(15)7-8/h4-5,7H,3,6H2,1-2H3,(H,16,17,18,19). The second-order valence-electron chi connectivity index (χ2n) is 4.03. The first-order chi connectivity index (χ1) is 10.1. The molecule has 2 rings (SSSR count). The van der Waals surface area contributed by atoms with E-state index in [1.165, 1.54) is 13.2 Å². The highest BCUT2D eigenvalue weighted by atomic mass is 19.2. The van der Waals surface area contributed by atoms with Crippen LogP contribution in [-0.4, -0.2) is 28.6 Å². The Morgan fingerprint density at radius 1 is 1.10 bits per heavy atom. The first-order valence-corrected chi connectivity index (χ1v) is 6.29. The van der Waals surface area contributed by atoms with E-state index in [9.17, 15) is 8.78 Å². The Bertz CT molecular complexity index is 625. The van der Waals surface area contributed by atoms with Crippen LogP contribution in [0.5, 0.6) is 17.8 Å². The lowest BCUT2D eigenvalue weighted by Crippen LogP contribution is -2.07. The largest absolute Gasteiger partial charge is 0.467 e. The fourth-order valence-corrected chi connectivity index (χ4v) is 1.44. The molecule has 0 unspecified atom stereocenters. The van der Waals surface area contributed by atoms with Crippen LogP contribution < -0.4 is 14.8 Å². The van der Waals surface area contributed by atoms with E-state index < -0.39 is 11.6 Å². The van der Waals surface area contributed by atoms with Gasteiger partial charge in [0.05, 0.1) is 7.11 Å². The van der Waals surface area contributed by atoms with Crippen LogP contribution in [0.25, 0.3) is 0 Å². The molecule has 1 N–H and O–H groups in total. The van der Waals surface area contributed by atoms with Crippen LogP contribution >= 0.6 is 0 Å². The third-order valence-electron chi connectivity index (χ3n) is 2.41. The Kier molecular flexibility index (Phi) is 4.81. The molecule has 8 heteroatoms. The molecule has 0 spiro atoms. The van der Waals surface area contributed by atoms with Gasteiger partial charge in [-0.05, 0) is 18.6 Å². The zero-order chi connectivity index (χ0) is 15.2. The second kappa shape index (κ2) is 6.78. The zero-order valence-corrected chi connectivity index (χ0v) is 11.6. The normalized spacial score (nSPS) is 10.3. The number of methoxy groups -OCH3 is 1. The minimum Gasteiger partial charge on any atom is -0.467 e. The number of ether oxygens (including phenoxy) is 2. The molecule has 0 saturated heterocycles. The third-order valence-corrected chi connectivity index (χ3v) is 2.41. The topological polar surface area (TPSA) is 69.2 Å². The Labute approximate surface area is 120 Å². The van der Waals surface area contributed by atoms with Crippen LogP contribution in [0.1, 0.15) is 13.3 Å². The highest BCUT2D eigenvalue weighted by molar-refractivity contribution is 5.30. The molecule has 21 heavy (non-hydrogen) atoms. The molecule has 0 aliphatic rings. The van der Waals surface area contributed by atoms with Crippen molar-refractivity contribution in [3.05, 3.63) is 29.8 Å². The van der Waals surface area contributed by atoms with E-state index in [1.54, 1.807) is 0 Å². The van der Waals surface area contributed by atoms with Gasteiger partial charge in [-0.15, -0.1) is 4.98 Å². The highest BCUT2D eigenvalue weighted by Gasteiger charge is 2.10. The van der Waals surface area contributed by atoms with Crippen molar-refractivity contribution in [2.75, 3.05) is 19.0 Å². The van der Waals surface area contributed by atoms with E-state index in [2.05, 4.69) is 20.3 Å². The summed E-state index contributed by atoms with van der Waals surface area (Å²) in [6, 6.07) is 3.12. The van der Waals surface area contributed by atoms with Gasteiger partial charge < -0.3 is 14.8 Å². The summed E-state index contributed by atoms with van der Waals surface area (Å²) < 4.78 is 36.2. The molecular weight excluding hydrogens is 282 g/mol. The maximum atomic E-state index is 13.1. The lowest BCUT2D eigenvalue weighted by atomic mass is 10.3. The fraction of sp³-hybridized carbons (Fsp3) is 0.308. The van der Waals surface area contributed by atoms with E-state index in [0.717, 1.165) is 18.6 Å². The number of rotatable bonds is 6. The smallest absolute Gasteiger partial charge is 0.330 e. The van der Waals surface area contributed by atoms with E-state index in [0.29, 0.717) is 6.54 Å². The summed E-state index contributed by atoms with van der Waals surface area (Å²) >= 11 is 0. The van der Waals surface area contributed by atoms with Crippen molar-refractivity contribution >= 4 is 5.95 Å². The summed E-state index contributed by atoms with van der Waals surface area (Å²) in [4.78, 5) is 11.9. The zero-order valence-electron chi connectivity index (χ0n) is 11.6. The molecule has 0 aliphatic heterocycles. The number of anilines is 1. The molecule has 0 bridgehead atoms. The van der Waals surface area contributed by atoms with E-state index in [4.69, 9.17) is 9.47 Å². The van der Waals surface area contributed by atoms with Crippen LogP contribution in [0.2, 0.25) is 0 Å². The van der Waals surface area contributed by atoms with Gasteiger partial charge in [0.1, 0.15) is 5.75 Å². The van der Waals surface area contributed by atoms with Crippen molar-refractivity contribution in [3.8, 4) is 17.8 Å². The lowest BCUT2D eigenvalue weighted by molar-refractivity contribution is 0.359. The highest BCUT2D eigenvalue weighted by Crippen LogP contribution is 2.22. The van der Waals surface area contributed by atoms with Gasteiger partial charge in [0.25, 0.3) is 0 Å². The number of benzene rings is 1. The molecule has 6 nitrogen and oxygen atoms in total. The first kappa shape index (κ1) is 14.9. The first-order valence-electron chi connectivity index (χ1n) is 6.29. The van der Waals surface area contributed by atoms with E-state index in [-0.39, 0.29) is 23.7 Å². The molecule has 1 aromatic heterocycles. The summed E-state index contributed by atoms with van der Waals surface area (Å²) in [5, 5.41) is 2.96. The maximum Gasteiger partial charge on any atom is 0.330 e. The van der Waals surface area contributed by atoms with Gasteiger partial charge in [-0.25, -0.2) is 8.78 Å². The Morgan fingerprint density at radius 3 is 2.52 bits per heavy atom. The number of halogens is 2. The minimum absolute atomic E-state index is 0.0567. The van der Waals surface area contributed by atoms with Crippen molar-refractivity contribution in [1.29, 1.82) is 0 Å². The van der Waals surface area contributed by atoms with Crippen LogP contribution in [0.3, 0.4) is 0 Å². The van der Waals surface area contributed by atoms with Gasteiger partial charge in [0.2, 0.25) is 5.95 Å². The molecule has 0 saturated carbocycles. The molecular formula is C13H14F2N4O2. The summed E-state index contributed by atoms with van der Waals surface area (Å²) in [6.07, 6.45) is 0.882. The number of nitrogens with one attached hydrogen (secondary N) is 1. The van der Waals surface area contributed by atoms with Gasteiger partial charge in [-0.1, -0.05) is 6.92 Å². The fourth-order valence-electron chi connectivity index (χ4n) is 1.44. The predicted molar refractivity (Wildman–Crippen MR) is 71.6 cm³/mol. The van der Waals surface area contributed by atoms with Crippen molar-refractivity contribution in [1.82, 2.24) is 15.0 Å². The second-order valence-corrected chi connectivity index (χ2v) is 4.03. The molecule has 2 aromatic rings. The lowest BCUT2D eigenvalue weighted by Gasteiger charge is -2.08. The van der Waals surface area contributed by atoms with Crippen LogP contribution in [-0.2, 0) is 0 Å². The van der Waals surface area contributed by atoms with E-state index >= 15 is 0 Å². The molecule has 1 aromatic carbocycles. The number of hydrogen-bond donors (Lipinski definition) is 1. The average Bonchev–Trinajstić information content (AvgIpc) is 2.48. The monoisotopic (exact) mass is 296 g/mol. The number of hydrogen-bond acceptors (Lipinski definition) is 6. The summed E-state index contributed by atoms with van der Waals surface area (Å²) in [6.45, 7) is 2.65. The Morgan fingerprint density at radius 2 is 1.86 bits per heavy atom. The van der Waals surface area contributed by atoms with Gasteiger partial charge in [-0.2, -0.15) is 9.97 Å². The maximum absolute atomic E-state index is 13.1. The molecule has 1 heterocycles.